The summed E-state index contributed by atoms with van der Waals surface area (Å²) in [6.45, 7) is 9.78. The maximum absolute atomic E-state index is 13.1. The van der Waals surface area contributed by atoms with Crippen molar-refractivity contribution in [2.24, 2.45) is 11.8 Å². The van der Waals surface area contributed by atoms with Crippen LogP contribution in [0.5, 0.6) is 0 Å². The third-order valence-corrected chi connectivity index (χ3v) is 22.6. The molecule has 4 unspecified atom stereocenters. The number of unbranched alkanes of at least 4 members (excludes halogenated alkanes) is 52. The topological polar surface area (TPSA) is 237 Å². The number of ether oxygens (including phenoxy) is 4. The van der Waals surface area contributed by atoms with Gasteiger partial charge in [-0.25, -0.2) is 9.13 Å². The summed E-state index contributed by atoms with van der Waals surface area (Å²) in [6, 6.07) is 0. The van der Waals surface area contributed by atoms with E-state index in [2.05, 4.69) is 41.5 Å². The number of rotatable bonds is 84. The van der Waals surface area contributed by atoms with Gasteiger partial charge >= 0.3 is 39.5 Å². The summed E-state index contributed by atoms with van der Waals surface area (Å²) < 4.78 is 68.9. The molecule has 0 bridgehead atoms. The highest BCUT2D eigenvalue weighted by Crippen LogP contribution is 2.45. The van der Waals surface area contributed by atoms with Crippen molar-refractivity contribution in [3.8, 4) is 0 Å². The van der Waals surface area contributed by atoms with Crippen LogP contribution < -0.4 is 0 Å². The summed E-state index contributed by atoms with van der Waals surface area (Å²) in [4.78, 5) is 73.2. The van der Waals surface area contributed by atoms with E-state index < -0.39 is 97.5 Å². The average Bonchev–Trinajstić information content (AvgIpc) is 0.904. The molecule has 0 aliphatic carbocycles. The minimum atomic E-state index is -4.97. The van der Waals surface area contributed by atoms with Gasteiger partial charge in [0.2, 0.25) is 0 Å². The summed E-state index contributed by atoms with van der Waals surface area (Å²) >= 11 is 0. The van der Waals surface area contributed by atoms with Crippen LogP contribution in [0.4, 0.5) is 0 Å². The van der Waals surface area contributed by atoms with Gasteiger partial charge in [0.15, 0.2) is 12.2 Å². The van der Waals surface area contributed by atoms with Gasteiger partial charge in [-0.15, -0.1) is 0 Å². The maximum atomic E-state index is 13.1. The molecule has 0 radical (unpaired) electrons. The third-order valence-electron chi connectivity index (χ3n) is 20.7. The highest BCUT2D eigenvalue weighted by atomic mass is 31.2. The third kappa shape index (κ3) is 75.5. The van der Waals surface area contributed by atoms with E-state index in [1.807, 2.05) is 0 Å². The van der Waals surface area contributed by atoms with Crippen LogP contribution in [0.25, 0.3) is 0 Å². The van der Waals surface area contributed by atoms with Crippen molar-refractivity contribution in [3.05, 3.63) is 0 Å². The van der Waals surface area contributed by atoms with Crippen molar-refractivity contribution in [2.45, 2.75) is 471 Å². The van der Waals surface area contributed by atoms with Crippen LogP contribution in [0.2, 0.25) is 0 Å². The first-order valence-electron chi connectivity index (χ1n) is 44.1. The summed E-state index contributed by atoms with van der Waals surface area (Å²) in [5, 5.41) is 10.7. The second kappa shape index (κ2) is 76.4. The zero-order chi connectivity index (χ0) is 76.4. The molecule has 19 heteroatoms. The van der Waals surface area contributed by atoms with Crippen molar-refractivity contribution in [1.29, 1.82) is 0 Å². The first kappa shape index (κ1) is 102. The zero-order valence-electron chi connectivity index (χ0n) is 68.3. The molecule has 0 rings (SSSR count). The van der Waals surface area contributed by atoms with Crippen LogP contribution in [-0.2, 0) is 65.4 Å². The van der Waals surface area contributed by atoms with Gasteiger partial charge in [0.1, 0.15) is 19.3 Å². The van der Waals surface area contributed by atoms with Crippen LogP contribution in [-0.4, -0.2) is 96.7 Å². The standard InChI is InChI=1S/C85H166O17P2/c1-7-11-13-15-17-19-21-23-24-33-39-45-51-57-63-69-84(89)101-80(73-95-82(87)67-61-55-49-43-37-29-22-20-18-16-14-12-8-2)75-99-103(91,92)97-71-79(86)72-98-104(93,94)100-76-81(102-85(90)70-64-58-52-46-40-34-28-26-31-36-42-48-54-60-66-78(6)10-4)74-96-83(88)68-62-56-50-44-38-32-27-25-30-35-41-47-53-59-65-77(5)9-3/h77-81,86H,7-76H2,1-6H3,(H,91,92)(H,93,94)/t77?,78?,79-,80+,81+/m0/s1. The Labute approximate surface area is 638 Å². The number of esters is 4. The van der Waals surface area contributed by atoms with Crippen LogP contribution in [0.1, 0.15) is 452 Å². The van der Waals surface area contributed by atoms with Gasteiger partial charge in [0.05, 0.1) is 26.4 Å². The lowest BCUT2D eigenvalue weighted by molar-refractivity contribution is -0.161. The summed E-state index contributed by atoms with van der Waals surface area (Å²) in [7, 11) is -9.93. The minimum absolute atomic E-state index is 0.108. The number of aliphatic hydroxyl groups excluding tert-OH is 1. The molecule has 0 aromatic rings. The quantitative estimate of drug-likeness (QED) is 0.0222. The summed E-state index contributed by atoms with van der Waals surface area (Å²) in [5.41, 5.74) is 0. The molecule has 0 heterocycles. The van der Waals surface area contributed by atoms with E-state index in [1.165, 1.54) is 270 Å². The first-order chi connectivity index (χ1) is 50.4. The number of hydrogen-bond donors (Lipinski definition) is 3. The fourth-order valence-electron chi connectivity index (χ4n) is 13.2. The number of phosphoric ester groups is 2. The molecular formula is C85H166O17P2. The minimum Gasteiger partial charge on any atom is -0.462 e. The predicted octanol–water partition coefficient (Wildman–Crippen LogP) is 25.8. The Morgan fingerprint density at radius 2 is 0.462 bits per heavy atom. The van der Waals surface area contributed by atoms with E-state index >= 15 is 0 Å². The monoisotopic (exact) mass is 1520 g/mol. The zero-order valence-corrected chi connectivity index (χ0v) is 70.1. The van der Waals surface area contributed by atoms with Crippen LogP contribution >= 0.6 is 15.6 Å². The largest absolute Gasteiger partial charge is 0.472 e. The summed E-state index contributed by atoms with van der Waals surface area (Å²) in [5.74, 6) is -0.404. The molecule has 3 N–H and O–H groups in total. The van der Waals surface area contributed by atoms with Crippen molar-refractivity contribution in [1.82, 2.24) is 0 Å². The predicted molar refractivity (Wildman–Crippen MR) is 428 cm³/mol. The van der Waals surface area contributed by atoms with Gasteiger partial charge in [-0.05, 0) is 37.5 Å². The van der Waals surface area contributed by atoms with Crippen molar-refractivity contribution >= 4 is 39.5 Å². The SMILES string of the molecule is CCCCCCCCCCCCCCCCCC(=O)O[C@H](COC(=O)CCCCCCCCCCCCCCC)COP(=O)(O)OC[C@H](O)COP(=O)(O)OC[C@@H](COC(=O)CCCCCCCCCCCCCCCCC(C)CC)OC(=O)CCCCCCCCCCCCCCCCC(C)CC. The maximum Gasteiger partial charge on any atom is 0.472 e. The molecule has 17 nitrogen and oxygen atoms in total. The van der Waals surface area contributed by atoms with Crippen LogP contribution in [0.3, 0.4) is 0 Å². The van der Waals surface area contributed by atoms with E-state index in [0.29, 0.717) is 25.7 Å². The number of carbonyl (C=O) groups is 4. The second-order valence-electron chi connectivity index (χ2n) is 31.1. The van der Waals surface area contributed by atoms with Crippen molar-refractivity contribution < 1.29 is 80.2 Å². The molecule has 0 aromatic heterocycles. The fourth-order valence-corrected chi connectivity index (χ4v) is 14.8. The molecule has 0 spiro atoms. The van der Waals surface area contributed by atoms with Gasteiger partial charge < -0.3 is 33.8 Å². The highest BCUT2D eigenvalue weighted by molar-refractivity contribution is 7.47. The molecule has 0 aliphatic heterocycles. The molecule has 0 fully saturated rings. The number of carbonyl (C=O) groups excluding carboxylic acids is 4. The molecule has 0 amide bonds. The molecule has 0 saturated carbocycles. The Bertz CT molecular complexity index is 2000. The highest BCUT2D eigenvalue weighted by Gasteiger charge is 2.30. The number of aliphatic hydroxyl groups is 1. The summed E-state index contributed by atoms with van der Waals surface area (Å²) in [6.07, 6.45) is 67.7. The van der Waals surface area contributed by atoms with E-state index in [0.717, 1.165) is 102 Å². The molecule has 618 valence electrons. The second-order valence-corrected chi connectivity index (χ2v) is 34.0. The van der Waals surface area contributed by atoms with E-state index in [4.69, 9.17) is 37.0 Å². The lowest BCUT2D eigenvalue weighted by atomic mass is 9.99. The van der Waals surface area contributed by atoms with Gasteiger partial charge in [0.25, 0.3) is 0 Å². The molecular weight excluding hydrogens is 1350 g/mol. The lowest BCUT2D eigenvalue weighted by Gasteiger charge is -2.21. The van der Waals surface area contributed by atoms with E-state index in [1.54, 1.807) is 0 Å². The van der Waals surface area contributed by atoms with Crippen molar-refractivity contribution in [3.63, 3.8) is 0 Å². The lowest BCUT2D eigenvalue weighted by Crippen LogP contribution is -2.30. The van der Waals surface area contributed by atoms with E-state index in [-0.39, 0.29) is 25.7 Å². The molecule has 7 atom stereocenters. The average molecular weight is 1520 g/mol. The number of hydrogen-bond acceptors (Lipinski definition) is 15. The Morgan fingerprint density at radius 3 is 0.683 bits per heavy atom. The Kier molecular flexibility index (Phi) is 75.0. The Balaban J connectivity index is 5.27. The normalized spacial score (nSPS) is 14.4. The Hall–Kier alpha value is -1.94. The molecule has 104 heavy (non-hydrogen) atoms. The fraction of sp³-hybridized carbons (Fsp3) is 0.953. The van der Waals surface area contributed by atoms with Crippen LogP contribution in [0, 0.1) is 11.8 Å². The van der Waals surface area contributed by atoms with Gasteiger partial charge in [-0.1, -0.05) is 401 Å². The van der Waals surface area contributed by atoms with Gasteiger partial charge in [-0.2, -0.15) is 0 Å². The van der Waals surface area contributed by atoms with Gasteiger partial charge in [0, 0.05) is 25.7 Å². The molecule has 0 aliphatic rings. The molecule has 0 saturated heterocycles. The van der Waals surface area contributed by atoms with Gasteiger partial charge in [-0.3, -0.25) is 37.3 Å². The Morgan fingerprint density at radius 1 is 0.269 bits per heavy atom. The van der Waals surface area contributed by atoms with Crippen molar-refractivity contribution in [2.75, 3.05) is 39.6 Å². The molecule has 0 aromatic carbocycles. The van der Waals surface area contributed by atoms with E-state index in [9.17, 15) is 43.2 Å². The smallest absolute Gasteiger partial charge is 0.462 e. The number of phosphoric acid groups is 2. The van der Waals surface area contributed by atoms with Crippen LogP contribution in [0.15, 0.2) is 0 Å². The first-order valence-corrected chi connectivity index (χ1v) is 47.1.